The van der Waals surface area contributed by atoms with Crippen molar-refractivity contribution in [2.45, 2.75) is 26.4 Å². The van der Waals surface area contributed by atoms with Crippen molar-refractivity contribution in [2.75, 3.05) is 6.61 Å². The Kier molecular flexibility index (Phi) is 3.53. The number of carbonyl (C=O) groups is 1. The lowest BCUT2D eigenvalue weighted by molar-refractivity contribution is -0.111. The van der Waals surface area contributed by atoms with Crippen molar-refractivity contribution in [1.82, 2.24) is 0 Å². The van der Waals surface area contributed by atoms with E-state index in [1.165, 1.54) is 0 Å². The Bertz CT molecular complexity index is 109. The van der Waals surface area contributed by atoms with Gasteiger partial charge in [-0.1, -0.05) is 13.8 Å². The monoisotopic (exact) mass is 146 g/mol. The molecule has 2 N–H and O–H groups in total. The molecule has 0 aliphatic rings. The van der Waals surface area contributed by atoms with E-state index in [9.17, 15) is 9.90 Å². The molecular formula is C7H14O3. The smallest absolute Gasteiger partial charge is 0.122 e. The largest absolute Gasteiger partial charge is 0.396 e. The molecule has 0 aromatic carbocycles. The van der Waals surface area contributed by atoms with Gasteiger partial charge in [-0.3, -0.25) is 0 Å². The molecule has 0 radical (unpaired) electrons. The zero-order valence-electron chi connectivity index (χ0n) is 6.37. The van der Waals surface area contributed by atoms with Crippen LogP contribution in [-0.4, -0.2) is 29.2 Å². The van der Waals surface area contributed by atoms with Crippen LogP contribution in [0.25, 0.3) is 0 Å². The molecule has 0 saturated heterocycles. The summed E-state index contributed by atoms with van der Waals surface area (Å²) in [5.41, 5.74) is -0.569. The molecular weight excluding hydrogens is 132 g/mol. The van der Waals surface area contributed by atoms with Crippen molar-refractivity contribution in [2.24, 2.45) is 5.41 Å². The van der Waals surface area contributed by atoms with Gasteiger partial charge in [-0.15, -0.1) is 0 Å². The van der Waals surface area contributed by atoms with Crippen LogP contribution in [0.5, 0.6) is 0 Å². The van der Waals surface area contributed by atoms with Gasteiger partial charge in [0.05, 0.1) is 12.7 Å². The van der Waals surface area contributed by atoms with E-state index in [0.29, 0.717) is 6.29 Å². The van der Waals surface area contributed by atoms with E-state index < -0.39 is 11.5 Å². The van der Waals surface area contributed by atoms with Crippen LogP contribution in [0.15, 0.2) is 0 Å². The zero-order valence-corrected chi connectivity index (χ0v) is 6.37. The van der Waals surface area contributed by atoms with Gasteiger partial charge in [-0.05, 0) is 0 Å². The van der Waals surface area contributed by atoms with Gasteiger partial charge >= 0.3 is 0 Å². The maximum Gasteiger partial charge on any atom is 0.122 e. The molecule has 0 aliphatic carbocycles. The van der Waals surface area contributed by atoms with Crippen molar-refractivity contribution in [3.63, 3.8) is 0 Å². The molecule has 3 heteroatoms. The Morgan fingerprint density at radius 3 is 2.40 bits per heavy atom. The fraction of sp³-hybridized carbons (Fsp3) is 0.857. The standard InChI is InChI=1S/C7H14O3/c1-7(2,5-9)6(10)3-4-8/h4,6,9-10H,3,5H2,1-2H3. The van der Waals surface area contributed by atoms with Crippen LogP contribution in [0.2, 0.25) is 0 Å². The fourth-order valence-electron chi connectivity index (χ4n) is 0.516. The van der Waals surface area contributed by atoms with Gasteiger partial charge < -0.3 is 15.0 Å². The van der Waals surface area contributed by atoms with Crippen LogP contribution in [-0.2, 0) is 4.79 Å². The maximum atomic E-state index is 9.94. The summed E-state index contributed by atoms with van der Waals surface area (Å²) in [6, 6.07) is 0. The van der Waals surface area contributed by atoms with Gasteiger partial charge in [0.25, 0.3) is 0 Å². The van der Waals surface area contributed by atoms with Crippen LogP contribution in [0.1, 0.15) is 20.3 Å². The van der Waals surface area contributed by atoms with Crippen molar-refractivity contribution < 1.29 is 15.0 Å². The van der Waals surface area contributed by atoms with Crippen LogP contribution in [0, 0.1) is 5.41 Å². The molecule has 0 fully saturated rings. The lowest BCUT2D eigenvalue weighted by atomic mass is 9.86. The van der Waals surface area contributed by atoms with Gasteiger partial charge in [0, 0.05) is 11.8 Å². The Morgan fingerprint density at radius 1 is 1.60 bits per heavy atom. The summed E-state index contributed by atoms with van der Waals surface area (Å²) in [5.74, 6) is 0. The molecule has 3 nitrogen and oxygen atoms in total. The molecule has 10 heavy (non-hydrogen) atoms. The first-order valence-corrected chi connectivity index (χ1v) is 3.27. The summed E-state index contributed by atoms with van der Waals surface area (Å²) < 4.78 is 0. The lowest BCUT2D eigenvalue weighted by Crippen LogP contribution is -2.32. The van der Waals surface area contributed by atoms with Gasteiger partial charge in [-0.2, -0.15) is 0 Å². The van der Waals surface area contributed by atoms with E-state index in [-0.39, 0.29) is 13.0 Å². The summed E-state index contributed by atoms with van der Waals surface area (Å²) in [6.45, 7) is 3.31. The first kappa shape index (κ1) is 9.59. The first-order valence-electron chi connectivity index (χ1n) is 3.27. The normalized spacial score (nSPS) is 14.8. The minimum Gasteiger partial charge on any atom is -0.396 e. The molecule has 0 amide bonds. The third-order valence-corrected chi connectivity index (χ3v) is 1.63. The Morgan fingerprint density at radius 2 is 2.10 bits per heavy atom. The molecule has 0 aromatic heterocycles. The van der Waals surface area contributed by atoms with Crippen molar-refractivity contribution >= 4 is 6.29 Å². The molecule has 0 spiro atoms. The van der Waals surface area contributed by atoms with Gasteiger partial charge in [0.1, 0.15) is 6.29 Å². The second-order valence-corrected chi connectivity index (χ2v) is 3.06. The van der Waals surface area contributed by atoms with Crippen LogP contribution in [0.3, 0.4) is 0 Å². The minimum atomic E-state index is -0.741. The van der Waals surface area contributed by atoms with Gasteiger partial charge in [-0.25, -0.2) is 0 Å². The van der Waals surface area contributed by atoms with E-state index in [1.54, 1.807) is 13.8 Å². The fourth-order valence-corrected chi connectivity index (χ4v) is 0.516. The quantitative estimate of drug-likeness (QED) is 0.547. The number of aldehydes is 1. The van der Waals surface area contributed by atoms with E-state index >= 15 is 0 Å². The predicted molar refractivity (Wildman–Crippen MR) is 37.6 cm³/mol. The molecule has 0 saturated carbocycles. The second kappa shape index (κ2) is 3.68. The number of aliphatic hydroxyl groups excluding tert-OH is 2. The summed E-state index contributed by atoms with van der Waals surface area (Å²) in [7, 11) is 0. The Balaban J connectivity index is 3.89. The van der Waals surface area contributed by atoms with Crippen molar-refractivity contribution in [3.8, 4) is 0 Å². The summed E-state index contributed by atoms with van der Waals surface area (Å²) in [6.07, 6.45) is 0.00493. The number of carbonyl (C=O) groups excluding carboxylic acids is 1. The maximum absolute atomic E-state index is 9.94. The SMILES string of the molecule is CC(C)(CO)C(O)CC=O. The van der Waals surface area contributed by atoms with Crippen LogP contribution >= 0.6 is 0 Å². The molecule has 1 unspecified atom stereocenters. The molecule has 0 aromatic rings. The second-order valence-electron chi connectivity index (χ2n) is 3.06. The minimum absolute atomic E-state index is 0.0908. The lowest BCUT2D eigenvalue weighted by Gasteiger charge is -2.26. The molecule has 0 bridgehead atoms. The number of aliphatic hydroxyl groups is 2. The molecule has 0 heterocycles. The Hall–Kier alpha value is -0.410. The number of rotatable bonds is 4. The van der Waals surface area contributed by atoms with Crippen molar-refractivity contribution in [1.29, 1.82) is 0 Å². The van der Waals surface area contributed by atoms with Gasteiger partial charge in [0.2, 0.25) is 0 Å². The van der Waals surface area contributed by atoms with E-state index in [0.717, 1.165) is 0 Å². The molecule has 1 atom stereocenters. The third-order valence-electron chi connectivity index (χ3n) is 1.63. The zero-order chi connectivity index (χ0) is 8.20. The van der Waals surface area contributed by atoms with Crippen molar-refractivity contribution in [3.05, 3.63) is 0 Å². The van der Waals surface area contributed by atoms with E-state index in [4.69, 9.17) is 5.11 Å². The highest BCUT2D eigenvalue weighted by Crippen LogP contribution is 2.20. The highest BCUT2D eigenvalue weighted by Gasteiger charge is 2.26. The topological polar surface area (TPSA) is 57.5 Å². The molecule has 60 valence electrons. The Labute approximate surface area is 60.7 Å². The molecule has 0 rings (SSSR count). The van der Waals surface area contributed by atoms with Gasteiger partial charge in [0.15, 0.2) is 0 Å². The van der Waals surface area contributed by atoms with Crippen LogP contribution < -0.4 is 0 Å². The predicted octanol–water partition coefficient (Wildman–Crippen LogP) is -0.0452. The number of hydrogen-bond donors (Lipinski definition) is 2. The van der Waals surface area contributed by atoms with E-state index in [1.807, 2.05) is 0 Å². The number of hydrogen-bond acceptors (Lipinski definition) is 3. The molecule has 0 aliphatic heterocycles. The average Bonchev–Trinajstić information content (AvgIpc) is 1.89. The average molecular weight is 146 g/mol. The highest BCUT2D eigenvalue weighted by molar-refractivity contribution is 5.50. The first-order chi connectivity index (χ1) is 4.54. The van der Waals surface area contributed by atoms with Crippen LogP contribution in [0.4, 0.5) is 0 Å². The van der Waals surface area contributed by atoms with E-state index in [2.05, 4.69) is 0 Å². The third kappa shape index (κ3) is 2.45. The summed E-state index contributed by atoms with van der Waals surface area (Å²) >= 11 is 0. The highest BCUT2D eigenvalue weighted by atomic mass is 16.3. The summed E-state index contributed by atoms with van der Waals surface area (Å²) in [4.78, 5) is 9.94. The summed E-state index contributed by atoms with van der Waals surface area (Å²) in [5, 5.41) is 17.9.